The van der Waals surface area contributed by atoms with Crippen molar-refractivity contribution >= 4 is 11.9 Å². The van der Waals surface area contributed by atoms with Gasteiger partial charge < -0.3 is 16.4 Å². The first-order valence-corrected chi connectivity index (χ1v) is 7.24. The van der Waals surface area contributed by atoms with Crippen LogP contribution in [-0.2, 0) is 4.79 Å². The van der Waals surface area contributed by atoms with Gasteiger partial charge in [0, 0.05) is 6.04 Å². The molecule has 1 aliphatic carbocycles. The van der Waals surface area contributed by atoms with Gasteiger partial charge in [-0.3, -0.25) is 4.79 Å². The maximum atomic E-state index is 12.2. The highest BCUT2D eigenvalue weighted by molar-refractivity contribution is 5.86. The molecular formula is C14H27N3O2. The molecule has 4 N–H and O–H groups in total. The van der Waals surface area contributed by atoms with Gasteiger partial charge in [0.15, 0.2) is 0 Å². The van der Waals surface area contributed by atoms with Crippen molar-refractivity contribution in [3.8, 4) is 0 Å². The van der Waals surface area contributed by atoms with Crippen LogP contribution in [0.3, 0.4) is 0 Å². The largest absolute Gasteiger partial charge is 0.352 e. The Bertz CT molecular complexity index is 310. The lowest BCUT2D eigenvalue weighted by molar-refractivity contribution is -0.124. The zero-order valence-electron chi connectivity index (χ0n) is 12.2. The van der Waals surface area contributed by atoms with E-state index in [4.69, 9.17) is 5.73 Å². The van der Waals surface area contributed by atoms with E-state index in [0.717, 1.165) is 31.6 Å². The molecule has 0 aromatic heterocycles. The maximum absolute atomic E-state index is 12.2. The predicted molar refractivity (Wildman–Crippen MR) is 75.5 cm³/mol. The van der Waals surface area contributed by atoms with Crippen LogP contribution in [0.25, 0.3) is 0 Å². The van der Waals surface area contributed by atoms with Gasteiger partial charge in [-0.15, -0.1) is 0 Å². The van der Waals surface area contributed by atoms with E-state index in [9.17, 15) is 9.59 Å². The van der Waals surface area contributed by atoms with Crippen LogP contribution >= 0.6 is 0 Å². The number of amides is 3. The molecule has 0 heterocycles. The Morgan fingerprint density at radius 1 is 1.21 bits per heavy atom. The van der Waals surface area contributed by atoms with Crippen LogP contribution in [0, 0.1) is 11.8 Å². The minimum atomic E-state index is -0.641. The predicted octanol–water partition coefficient (Wildman–Crippen LogP) is 1.76. The summed E-state index contributed by atoms with van der Waals surface area (Å²) in [6, 6.07) is -0.914. The first-order chi connectivity index (χ1) is 8.88. The maximum Gasteiger partial charge on any atom is 0.312 e. The zero-order valence-corrected chi connectivity index (χ0v) is 12.2. The topological polar surface area (TPSA) is 84.2 Å². The Morgan fingerprint density at radius 3 is 2.26 bits per heavy atom. The summed E-state index contributed by atoms with van der Waals surface area (Å²) in [6.07, 6.45) is 4.97. The molecular weight excluding hydrogens is 242 g/mol. The number of carbonyl (C=O) groups is 2. The van der Waals surface area contributed by atoms with Gasteiger partial charge in [-0.25, -0.2) is 4.79 Å². The van der Waals surface area contributed by atoms with Crippen molar-refractivity contribution in [1.82, 2.24) is 10.6 Å². The third-order valence-corrected chi connectivity index (χ3v) is 3.70. The van der Waals surface area contributed by atoms with Gasteiger partial charge in [-0.2, -0.15) is 0 Å². The van der Waals surface area contributed by atoms with Crippen molar-refractivity contribution in [2.24, 2.45) is 17.6 Å². The lowest BCUT2D eigenvalue weighted by Crippen LogP contribution is -2.51. The van der Waals surface area contributed by atoms with Crippen molar-refractivity contribution < 1.29 is 9.59 Å². The molecule has 1 atom stereocenters. The third-order valence-electron chi connectivity index (χ3n) is 3.70. The van der Waals surface area contributed by atoms with E-state index in [2.05, 4.69) is 17.6 Å². The van der Waals surface area contributed by atoms with Crippen LogP contribution in [0.5, 0.6) is 0 Å². The van der Waals surface area contributed by atoms with E-state index >= 15 is 0 Å². The number of hydrogen-bond acceptors (Lipinski definition) is 2. The second kappa shape index (κ2) is 7.36. The molecule has 0 spiro atoms. The van der Waals surface area contributed by atoms with Crippen molar-refractivity contribution in [3.63, 3.8) is 0 Å². The number of nitrogens with two attached hydrogens (primary N) is 1. The fraction of sp³-hybridized carbons (Fsp3) is 0.857. The number of hydrogen-bond donors (Lipinski definition) is 3. The second-order valence-corrected chi connectivity index (χ2v) is 6.16. The number of carbonyl (C=O) groups excluding carboxylic acids is 2. The molecule has 1 rings (SSSR count). The molecule has 19 heavy (non-hydrogen) atoms. The molecule has 0 bridgehead atoms. The zero-order chi connectivity index (χ0) is 14.4. The standard InChI is InChI=1S/C14H27N3O2/c1-9(2)8-12(17-14(15)19)13(18)16-11-6-4-10(3)5-7-11/h9-12H,4-8H2,1-3H3,(H,16,18)(H3,15,17,19)/t10?,11?,12-/m0/s1. The molecule has 1 saturated carbocycles. The minimum absolute atomic E-state index is 0.105. The number of primary amides is 1. The van der Waals surface area contributed by atoms with Crippen LogP contribution in [0.15, 0.2) is 0 Å². The molecule has 1 aliphatic rings. The summed E-state index contributed by atoms with van der Waals surface area (Å²) < 4.78 is 0. The number of rotatable bonds is 5. The molecule has 0 radical (unpaired) electrons. The van der Waals surface area contributed by atoms with Crippen LogP contribution in [0.2, 0.25) is 0 Å². The first kappa shape index (κ1) is 15.8. The highest BCUT2D eigenvalue weighted by atomic mass is 16.2. The normalized spacial score (nSPS) is 24.8. The van der Waals surface area contributed by atoms with E-state index in [0.29, 0.717) is 12.3 Å². The monoisotopic (exact) mass is 269 g/mol. The Morgan fingerprint density at radius 2 is 1.79 bits per heavy atom. The second-order valence-electron chi connectivity index (χ2n) is 6.16. The van der Waals surface area contributed by atoms with Crippen LogP contribution < -0.4 is 16.4 Å². The van der Waals surface area contributed by atoms with Gasteiger partial charge in [-0.1, -0.05) is 20.8 Å². The summed E-state index contributed by atoms with van der Waals surface area (Å²) in [4.78, 5) is 23.1. The SMILES string of the molecule is CC(C)C[C@H](NC(N)=O)C(=O)NC1CCC(C)CC1. The molecule has 0 saturated heterocycles. The Labute approximate surface area is 115 Å². The van der Waals surface area contributed by atoms with Gasteiger partial charge in [0.25, 0.3) is 0 Å². The van der Waals surface area contributed by atoms with Crippen molar-refractivity contribution in [2.75, 3.05) is 0 Å². The molecule has 0 unspecified atom stereocenters. The van der Waals surface area contributed by atoms with Crippen LogP contribution in [0.1, 0.15) is 52.9 Å². The number of urea groups is 1. The van der Waals surface area contributed by atoms with Gasteiger partial charge >= 0.3 is 6.03 Å². The van der Waals surface area contributed by atoms with E-state index in [1.165, 1.54) is 0 Å². The highest BCUT2D eigenvalue weighted by Crippen LogP contribution is 2.23. The lowest BCUT2D eigenvalue weighted by atomic mass is 9.87. The van der Waals surface area contributed by atoms with E-state index in [1.54, 1.807) is 0 Å². The Balaban J connectivity index is 2.48. The fourth-order valence-electron chi connectivity index (χ4n) is 2.58. The smallest absolute Gasteiger partial charge is 0.312 e. The van der Waals surface area contributed by atoms with Crippen LogP contribution in [-0.4, -0.2) is 24.0 Å². The molecule has 3 amide bonds. The summed E-state index contributed by atoms with van der Waals surface area (Å²) in [6.45, 7) is 6.28. The molecule has 110 valence electrons. The summed E-state index contributed by atoms with van der Waals surface area (Å²) in [5.74, 6) is 0.976. The van der Waals surface area contributed by atoms with E-state index < -0.39 is 12.1 Å². The minimum Gasteiger partial charge on any atom is -0.352 e. The fourth-order valence-corrected chi connectivity index (χ4v) is 2.58. The van der Waals surface area contributed by atoms with E-state index in [1.807, 2.05) is 13.8 Å². The Hall–Kier alpha value is -1.26. The molecule has 0 aliphatic heterocycles. The van der Waals surface area contributed by atoms with Crippen LogP contribution in [0.4, 0.5) is 4.79 Å². The molecule has 5 heteroatoms. The van der Waals surface area contributed by atoms with Crippen molar-refractivity contribution in [3.05, 3.63) is 0 Å². The molecule has 1 fully saturated rings. The lowest BCUT2D eigenvalue weighted by Gasteiger charge is -2.29. The summed E-state index contributed by atoms with van der Waals surface area (Å²) in [5.41, 5.74) is 5.13. The number of nitrogens with one attached hydrogen (secondary N) is 2. The quantitative estimate of drug-likeness (QED) is 0.710. The first-order valence-electron chi connectivity index (χ1n) is 7.24. The summed E-state index contributed by atoms with van der Waals surface area (Å²) in [5, 5.41) is 5.58. The molecule has 0 aromatic rings. The average Bonchev–Trinajstić information content (AvgIpc) is 2.30. The van der Waals surface area contributed by atoms with Gasteiger partial charge in [0.1, 0.15) is 6.04 Å². The summed E-state index contributed by atoms with van der Waals surface area (Å²) >= 11 is 0. The van der Waals surface area contributed by atoms with Gasteiger partial charge in [0.2, 0.25) is 5.91 Å². The third kappa shape index (κ3) is 5.94. The van der Waals surface area contributed by atoms with E-state index in [-0.39, 0.29) is 11.9 Å². The Kier molecular flexibility index (Phi) is 6.12. The van der Waals surface area contributed by atoms with Gasteiger partial charge in [-0.05, 0) is 43.9 Å². The molecule has 0 aromatic carbocycles. The summed E-state index contributed by atoms with van der Waals surface area (Å²) in [7, 11) is 0. The highest BCUT2D eigenvalue weighted by Gasteiger charge is 2.25. The van der Waals surface area contributed by atoms with Crippen molar-refractivity contribution in [1.29, 1.82) is 0 Å². The van der Waals surface area contributed by atoms with Gasteiger partial charge in [0.05, 0.1) is 0 Å². The van der Waals surface area contributed by atoms with Crippen molar-refractivity contribution in [2.45, 2.75) is 65.0 Å². The molecule has 5 nitrogen and oxygen atoms in total. The average molecular weight is 269 g/mol.